The second kappa shape index (κ2) is 9.59. The van der Waals surface area contributed by atoms with Gasteiger partial charge in [0.2, 0.25) is 15.9 Å². The zero-order valence-corrected chi connectivity index (χ0v) is 17.6. The Hall–Kier alpha value is -2.54. The molecule has 1 N–H and O–H groups in total. The number of hydrogen-bond acceptors (Lipinski definition) is 4. The molecule has 7 heteroatoms. The van der Waals surface area contributed by atoms with Gasteiger partial charge in [0.1, 0.15) is 18.9 Å². The van der Waals surface area contributed by atoms with Crippen molar-refractivity contribution in [2.45, 2.75) is 26.7 Å². The first-order valence-corrected chi connectivity index (χ1v) is 11.1. The monoisotopic (exact) mass is 404 g/mol. The third-order valence-electron chi connectivity index (χ3n) is 4.23. The van der Waals surface area contributed by atoms with Gasteiger partial charge in [-0.2, -0.15) is 0 Å². The fraction of sp³-hybridized carbons (Fsp3) is 0.381. The van der Waals surface area contributed by atoms with Crippen LogP contribution in [-0.2, 0) is 14.8 Å². The normalized spacial score (nSPS) is 11.3. The highest BCUT2D eigenvalue weighted by atomic mass is 32.2. The van der Waals surface area contributed by atoms with Crippen molar-refractivity contribution < 1.29 is 17.9 Å². The van der Waals surface area contributed by atoms with E-state index in [2.05, 4.69) is 5.32 Å². The van der Waals surface area contributed by atoms with E-state index >= 15 is 0 Å². The maximum absolute atomic E-state index is 12.3. The first-order valence-electron chi connectivity index (χ1n) is 9.21. The van der Waals surface area contributed by atoms with E-state index in [4.69, 9.17) is 4.74 Å². The number of para-hydroxylation sites is 1. The van der Waals surface area contributed by atoms with Crippen LogP contribution in [0.15, 0.2) is 48.5 Å². The van der Waals surface area contributed by atoms with Crippen LogP contribution in [-0.4, -0.2) is 40.3 Å². The van der Waals surface area contributed by atoms with E-state index in [9.17, 15) is 13.2 Å². The topological polar surface area (TPSA) is 75.7 Å². The number of nitrogens with zero attached hydrogens (tertiary/aromatic N) is 1. The summed E-state index contributed by atoms with van der Waals surface area (Å²) in [6, 6.07) is 14.9. The van der Waals surface area contributed by atoms with Gasteiger partial charge in [-0.15, -0.1) is 0 Å². The summed E-state index contributed by atoms with van der Waals surface area (Å²) in [4.78, 5) is 12.3. The van der Waals surface area contributed by atoms with Gasteiger partial charge < -0.3 is 10.1 Å². The summed E-state index contributed by atoms with van der Waals surface area (Å²) >= 11 is 0. The molecule has 0 unspecified atom stereocenters. The zero-order valence-electron chi connectivity index (χ0n) is 16.8. The van der Waals surface area contributed by atoms with E-state index < -0.39 is 10.0 Å². The van der Waals surface area contributed by atoms with Crippen molar-refractivity contribution in [2.24, 2.45) is 0 Å². The third kappa shape index (κ3) is 6.27. The molecule has 2 aromatic carbocycles. The van der Waals surface area contributed by atoms with E-state index in [0.717, 1.165) is 27.4 Å². The van der Waals surface area contributed by atoms with E-state index in [1.54, 1.807) is 12.1 Å². The smallest absolute Gasteiger partial charge is 0.240 e. The number of carbonyl (C=O) groups is 1. The Morgan fingerprint density at radius 1 is 1.11 bits per heavy atom. The van der Waals surface area contributed by atoms with E-state index in [-0.39, 0.29) is 24.9 Å². The molecule has 2 aromatic rings. The minimum Gasteiger partial charge on any atom is -0.492 e. The largest absolute Gasteiger partial charge is 0.492 e. The van der Waals surface area contributed by atoms with Gasteiger partial charge in [0.05, 0.1) is 18.5 Å². The predicted octanol–water partition coefficient (Wildman–Crippen LogP) is 3.08. The number of benzene rings is 2. The number of ether oxygens (including phenoxy) is 1. The van der Waals surface area contributed by atoms with Crippen LogP contribution in [0.3, 0.4) is 0 Å². The van der Waals surface area contributed by atoms with Crippen LogP contribution >= 0.6 is 0 Å². The molecule has 0 bridgehead atoms. The Balaban J connectivity index is 1.97. The molecule has 152 valence electrons. The molecule has 0 aromatic heterocycles. The lowest BCUT2D eigenvalue weighted by molar-refractivity contribution is -0.119. The SMILES string of the molecule is Cc1ccc(OCCNC(=O)CN(c2ccccc2C(C)C)S(C)(=O)=O)cc1. The molecule has 0 fully saturated rings. The number of nitrogens with one attached hydrogen (secondary N) is 1. The van der Waals surface area contributed by atoms with Crippen LogP contribution in [0, 0.1) is 6.92 Å². The van der Waals surface area contributed by atoms with Crippen molar-refractivity contribution in [1.29, 1.82) is 0 Å². The van der Waals surface area contributed by atoms with Gasteiger partial charge >= 0.3 is 0 Å². The van der Waals surface area contributed by atoms with Gasteiger partial charge in [0.15, 0.2) is 0 Å². The molecule has 0 spiro atoms. The van der Waals surface area contributed by atoms with Crippen molar-refractivity contribution >= 4 is 21.6 Å². The molecule has 0 aliphatic heterocycles. The van der Waals surface area contributed by atoms with Crippen LogP contribution in [0.25, 0.3) is 0 Å². The highest BCUT2D eigenvalue weighted by Crippen LogP contribution is 2.28. The van der Waals surface area contributed by atoms with E-state index in [0.29, 0.717) is 12.3 Å². The number of sulfonamides is 1. The summed E-state index contributed by atoms with van der Waals surface area (Å²) in [5.41, 5.74) is 2.55. The number of carbonyl (C=O) groups excluding carboxylic acids is 1. The molecule has 2 rings (SSSR count). The molecule has 28 heavy (non-hydrogen) atoms. The van der Waals surface area contributed by atoms with Crippen molar-refractivity contribution in [3.05, 3.63) is 59.7 Å². The van der Waals surface area contributed by atoms with Crippen LogP contribution in [0.1, 0.15) is 30.9 Å². The maximum Gasteiger partial charge on any atom is 0.240 e. The molecule has 0 saturated carbocycles. The van der Waals surface area contributed by atoms with E-state index in [1.807, 2.05) is 57.2 Å². The number of hydrogen-bond donors (Lipinski definition) is 1. The average Bonchev–Trinajstić information content (AvgIpc) is 2.64. The predicted molar refractivity (Wildman–Crippen MR) is 112 cm³/mol. The summed E-state index contributed by atoms with van der Waals surface area (Å²) < 4.78 is 31.3. The lowest BCUT2D eigenvalue weighted by Crippen LogP contribution is -2.41. The van der Waals surface area contributed by atoms with Crippen LogP contribution in [0.4, 0.5) is 5.69 Å². The fourth-order valence-electron chi connectivity index (χ4n) is 2.76. The van der Waals surface area contributed by atoms with Gasteiger partial charge in [-0.25, -0.2) is 8.42 Å². The summed E-state index contributed by atoms with van der Waals surface area (Å²) in [5.74, 6) is 0.478. The Bertz CT molecular complexity index is 893. The second-order valence-corrected chi connectivity index (χ2v) is 8.90. The van der Waals surface area contributed by atoms with Crippen molar-refractivity contribution in [3.63, 3.8) is 0 Å². The Kier molecular flexibility index (Phi) is 7.45. The first-order chi connectivity index (χ1) is 13.2. The number of anilines is 1. The molecule has 0 aliphatic rings. The first kappa shape index (κ1) is 21.8. The molecule has 0 aliphatic carbocycles. The summed E-state index contributed by atoms with van der Waals surface area (Å²) in [7, 11) is -3.61. The molecule has 1 amide bonds. The Morgan fingerprint density at radius 2 is 1.75 bits per heavy atom. The summed E-state index contributed by atoms with van der Waals surface area (Å²) in [6.45, 7) is 6.29. The minimum absolute atomic E-state index is 0.131. The molecule has 0 heterocycles. The van der Waals surface area contributed by atoms with Crippen LogP contribution in [0.2, 0.25) is 0 Å². The Morgan fingerprint density at radius 3 is 2.36 bits per heavy atom. The van der Waals surface area contributed by atoms with Gasteiger partial charge in [-0.05, 0) is 36.6 Å². The zero-order chi connectivity index (χ0) is 20.7. The van der Waals surface area contributed by atoms with Crippen LogP contribution in [0.5, 0.6) is 5.75 Å². The van der Waals surface area contributed by atoms with Crippen molar-refractivity contribution in [2.75, 3.05) is 30.3 Å². The standard InChI is InChI=1S/C21H28N2O4S/c1-16(2)19-7-5-6-8-20(19)23(28(4,25)26)15-21(24)22-13-14-27-18-11-9-17(3)10-12-18/h5-12,16H,13-15H2,1-4H3,(H,22,24). The Labute approximate surface area is 167 Å². The molecule has 0 atom stereocenters. The summed E-state index contributed by atoms with van der Waals surface area (Å²) in [6.07, 6.45) is 1.11. The molecule has 0 radical (unpaired) electrons. The van der Waals surface area contributed by atoms with Crippen LogP contribution < -0.4 is 14.4 Å². The number of amides is 1. The number of rotatable bonds is 9. The lowest BCUT2D eigenvalue weighted by atomic mass is 10.0. The average molecular weight is 405 g/mol. The number of aryl methyl sites for hydroxylation is 1. The quantitative estimate of drug-likeness (QED) is 0.652. The third-order valence-corrected chi connectivity index (χ3v) is 5.36. The van der Waals surface area contributed by atoms with Crippen molar-refractivity contribution in [3.8, 4) is 5.75 Å². The highest BCUT2D eigenvalue weighted by Gasteiger charge is 2.23. The highest BCUT2D eigenvalue weighted by molar-refractivity contribution is 7.92. The second-order valence-electron chi connectivity index (χ2n) is 6.99. The summed E-state index contributed by atoms with van der Waals surface area (Å²) in [5, 5.41) is 2.72. The van der Waals surface area contributed by atoms with Gasteiger partial charge in [0.25, 0.3) is 0 Å². The minimum atomic E-state index is -3.61. The lowest BCUT2D eigenvalue weighted by Gasteiger charge is -2.25. The molecule has 6 nitrogen and oxygen atoms in total. The van der Waals surface area contributed by atoms with Gasteiger partial charge in [-0.3, -0.25) is 9.10 Å². The van der Waals surface area contributed by atoms with E-state index in [1.165, 1.54) is 0 Å². The fourth-order valence-corrected chi connectivity index (χ4v) is 3.64. The van der Waals surface area contributed by atoms with Crippen molar-refractivity contribution in [1.82, 2.24) is 5.32 Å². The maximum atomic E-state index is 12.3. The van der Waals surface area contributed by atoms with Gasteiger partial charge in [-0.1, -0.05) is 49.7 Å². The molecular formula is C21H28N2O4S. The van der Waals surface area contributed by atoms with Gasteiger partial charge in [0, 0.05) is 0 Å². The molecule has 0 saturated heterocycles. The molecular weight excluding hydrogens is 376 g/mol.